The minimum absolute atomic E-state index is 0.00397. The number of hydrogen-bond donors (Lipinski definition) is 3. The lowest BCUT2D eigenvalue weighted by atomic mass is 9.88. The number of ether oxygens (including phenoxy) is 1. The molecule has 0 unspecified atom stereocenters. The minimum atomic E-state index is -0.992. The third-order valence-electron chi connectivity index (χ3n) is 6.91. The molecule has 37 heavy (non-hydrogen) atoms. The summed E-state index contributed by atoms with van der Waals surface area (Å²) in [4.78, 5) is 45.4. The van der Waals surface area contributed by atoms with Gasteiger partial charge in [0.25, 0.3) is 11.1 Å². The molecular weight excluding hydrogens is 470 g/mol. The topological polar surface area (TPSA) is 117 Å². The third kappa shape index (κ3) is 4.53. The predicted molar refractivity (Wildman–Crippen MR) is 142 cm³/mol. The zero-order valence-electron chi connectivity index (χ0n) is 20.6. The van der Waals surface area contributed by atoms with E-state index in [9.17, 15) is 19.5 Å². The van der Waals surface area contributed by atoms with Gasteiger partial charge in [0.2, 0.25) is 0 Å². The molecule has 0 saturated carbocycles. The Bertz CT molecular complexity index is 1740. The van der Waals surface area contributed by atoms with Gasteiger partial charge < -0.3 is 24.4 Å². The monoisotopic (exact) mass is 497 g/mol. The molecule has 0 aliphatic rings. The predicted octanol–water partition coefficient (Wildman–Crippen LogP) is 4.12. The second kappa shape index (κ2) is 9.81. The Hall–Kier alpha value is -4.59. The zero-order chi connectivity index (χ0) is 26.1. The standard InChI is InChI=1S/C29H27N3O5/c1-17-13-25(33)27(29(36)32(17)12-11-19-16-30-24-10-6-4-8-20(19)24)21(15-26(34)37-2)22-14-18-7-3-5-9-23(18)31-28(22)35/h3-10,13-14,16,21,30,33H,11-12,15H2,1-2H3,(H,31,35)/t21-/m0/s1. The van der Waals surface area contributed by atoms with Gasteiger partial charge in [0.1, 0.15) is 5.75 Å². The molecule has 0 amide bonds. The van der Waals surface area contributed by atoms with E-state index in [4.69, 9.17) is 4.74 Å². The number of pyridine rings is 2. The average molecular weight is 498 g/mol. The number of methoxy groups -OCH3 is 1. The van der Waals surface area contributed by atoms with E-state index in [0.717, 1.165) is 21.9 Å². The van der Waals surface area contributed by atoms with Gasteiger partial charge in [-0.05, 0) is 48.6 Å². The summed E-state index contributed by atoms with van der Waals surface area (Å²) in [5.74, 6) is -1.84. The number of H-pyrrole nitrogens is 2. The van der Waals surface area contributed by atoms with Crippen molar-refractivity contribution in [2.24, 2.45) is 0 Å². The van der Waals surface area contributed by atoms with Crippen molar-refractivity contribution in [3.05, 3.63) is 110 Å². The molecule has 5 aromatic rings. The Balaban J connectivity index is 1.61. The van der Waals surface area contributed by atoms with Crippen LogP contribution in [0.15, 0.2) is 76.4 Å². The fraction of sp³-hybridized carbons (Fsp3) is 0.207. The first-order chi connectivity index (χ1) is 17.9. The molecule has 0 saturated heterocycles. The summed E-state index contributed by atoms with van der Waals surface area (Å²) >= 11 is 0. The van der Waals surface area contributed by atoms with Gasteiger partial charge in [0.05, 0.1) is 19.1 Å². The lowest BCUT2D eigenvalue weighted by Gasteiger charge is -2.20. The second-order valence-electron chi connectivity index (χ2n) is 9.12. The molecule has 0 radical (unpaired) electrons. The number of aromatic amines is 2. The number of carbonyl (C=O) groups excluding carboxylic acids is 1. The van der Waals surface area contributed by atoms with Crippen molar-refractivity contribution in [1.82, 2.24) is 14.5 Å². The smallest absolute Gasteiger partial charge is 0.306 e. The summed E-state index contributed by atoms with van der Waals surface area (Å²) < 4.78 is 6.46. The van der Waals surface area contributed by atoms with Crippen LogP contribution in [0.5, 0.6) is 5.75 Å². The largest absolute Gasteiger partial charge is 0.507 e. The van der Waals surface area contributed by atoms with Crippen LogP contribution in [0, 0.1) is 6.92 Å². The molecule has 8 nitrogen and oxygen atoms in total. The number of aromatic nitrogens is 3. The molecule has 2 aromatic carbocycles. The van der Waals surface area contributed by atoms with Crippen LogP contribution in [0.2, 0.25) is 0 Å². The molecule has 0 aliphatic heterocycles. The number of carbonyl (C=O) groups is 1. The SMILES string of the molecule is COC(=O)C[C@@H](c1cc2ccccc2[nH]c1=O)c1c(O)cc(C)n(CCc2c[nH]c3ccccc23)c1=O. The van der Waals surface area contributed by atoms with E-state index >= 15 is 0 Å². The molecule has 1 atom stereocenters. The molecule has 3 N–H and O–H groups in total. The van der Waals surface area contributed by atoms with Crippen LogP contribution >= 0.6 is 0 Å². The number of nitrogens with zero attached hydrogens (tertiary/aromatic N) is 1. The lowest BCUT2D eigenvalue weighted by molar-refractivity contribution is -0.140. The van der Waals surface area contributed by atoms with Gasteiger partial charge in [-0.3, -0.25) is 14.4 Å². The first-order valence-electron chi connectivity index (χ1n) is 12.0. The fourth-order valence-corrected chi connectivity index (χ4v) is 4.99. The van der Waals surface area contributed by atoms with E-state index in [1.807, 2.05) is 48.7 Å². The van der Waals surface area contributed by atoms with Crippen molar-refractivity contribution in [3.8, 4) is 5.75 Å². The highest BCUT2D eigenvalue weighted by Gasteiger charge is 2.29. The van der Waals surface area contributed by atoms with E-state index in [2.05, 4.69) is 9.97 Å². The maximum atomic E-state index is 13.8. The number of fused-ring (bicyclic) bond motifs is 2. The summed E-state index contributed by atoms with van der Waals surface area (Å²) in [6.45, 7) is 2.11. The Kier molecular flexibility index (Phi) is 6.40. The van der Waals surface area contributed by atoms with Crippen LogP contribution < -0.4 is 11.1 Å². The molecule has 0 bridgehead atoms. The average Bonchev–Trinajstić information content (AvgIpc) is 3.30. The van der Waals surface area contributed by atoms with E-state index in [1.54, 1.807) is 23.6 Å². The second-order valence-corrected chi connectivity index (χ2v) is 9.12. The summed E-state index contributed by atoms with van der Waals surface area (Å²) in [5, 5.41) is 12.8. The van der Waals surface area contributed by atoms with Gasteiger partial charge in [-0.25, -0.2) is 0 Å². The van der Waals surface area contributed by atoms with Crippen LogP contribution in [0.3, 0.4) is 0 Å². The van der Waals surface area contributed by atoms with Crippen molar-refractivity contribution in [3.63, 3.8) is 0 Å². The van der Waals surface area contributed by atoms with E-state index < -0.39 is 23.0 Å². The molecule has 0 aliphatic carbocycles. The van der Waals surface area contributed by atoms with Crippen LogP contribution in [0.4, 0.5) is 0 Å². The molecule has 3 aromatic heterocycles. The highest BCUT2D eigenvalue weighted by Crippen LogP contribution is 2.32. The number of aryl methyl sites for hydroxylation is 2. The van der Waals surface area contributed by atoms with Gasteiger partial charge in [-0.1, -0.05) is 36.4 Å². The number of rotatable bonds is 7. The number of para-hydroxylation sites is 2. The Morgan fingerprint density at radius 1 is 1.05 bits per heavy atom. The highest BCUT2D eigenvalue weighted by atomic mass is 16.5. The Morgan fingerprint density at radius 3 is 2.57 bits per heavy atom. The van der Waals surface area contributed by atoms with E-state index in [-0.39, 0.29) is 23.3 Å². The Labute approximate surface area is 212 Å². The molecule has 8 heteroatoms. The van der Waals surface area contributed by atoms with Gasteiger partial charge >= 0.3 is 5.97 Å². The molecule has 3 heterocycles. The van der Waals surface area contributed by atoms with E-state index in [1.165, 1.54) is 13.2 Å². The van der Waals surface area contributed by atoms with Crippen molar-refractivity contribution >= 4 is 27.8 Å². The summed E-state index contributed by atoms with van der Waals surface area (Å²) in [7, 11) is 1.25. The van der Waals surface area contributed by atoms with Crippen molar-refractivity contribution < 1.29 is 14.6 Å². The van der Waals surface area contributed by atoms with Gasteiger partial charge in [-0.2, -0.15) is 0 Å². The maximum Gasteiger partial charge on any atom is 0.306 e. The molecular formula is C29H27N3O5. The number of benzene rings is 2. The summed E-state index contributed by atoms with van der Waals surface area (Å²) in [5.41, 5.74) is 2.62. The normalized spacial score (nSPS) is 12.2. The van der Waals surface area contributed by atoms with Crippen LogP contribution in [0.25, 0.3) is 21.8 Å². The third-order valence-corrected chi connectivity index (χ3v) is 6.91. The molecule has 5 rings (SSSR count). The zero-order valence-corrected chi connectivity index (χ0v) is 20.6. The minimum Gasteiger partial charge on any atom is -0.507 e. The maximum absolute atomic E-state index is 13.8. The Morgan fingerprint density at radius 2 is 1.78 bits per heavy atom. The van der Waals surface area contributed by atoms with Crippen LogP contribution in [-0.4, -0.2) is 32.7 Å². The molecule has 0 spiro atoms. The highest BCUT2D eigenvalue weighted by molar-refractivity contribution is 5.83. The number of aromatic hydroxyl groups is 1. The summed E-state index contributed by atoms with van der Waals surface area (Å²) in [6.07, 6.45) is 2.24. The van der Waals surface area contributed by atoms with Crippen LogP contribution in [-0.2, 0) is 22.5 Å². The number of hydrogen-bond acceptors (Lipinski definition) is 5. The summed E-state index contributed by atoms with van der Waals surface area (Å²) in [6, 6.07) is 18.4. The van der Waals surface area contributed by atoms with Gasteiger partial charge in [-0.15, -0.1) is 0 Å². The van der Waals surface area contributed by atoms with Gasteiger partial charge in [0, 0.05) is 46.3 Å². The van der Waals surface area contributed by atoms with E-state index in [0.29, 0.717) is 24.2 Å². The van der Waals surface area contributed by atoms with Crippen molar-refractivity contribution in [1.29, 1.82) is 0 Å². The first-order valence-corrected chi connectivity index (χ1v) is 12.0. The number of nitrogens with one attached hydrogen (secondary N) is 2. The van der Waals surface area contributed by atoms with Gasteiger partial charge in [0.15, 0.2) is 0 Å². The molecule has 0 fully saturated rings. The lowest BCUT2D eigenvalue weighted by Crippen LogP contribution is -2.31. The first kappa shape index (κ1) is 24.1. The molecule has 188 valence electrons. The quantitative estimate of drug-likeness (QED) is 0.293. The van der Waals surface area contributed by atoms with Crippen LogP contribution in [0.1, 0.15) is 34.7 Å². The fourth-order valence-electron chi connectivity index (χ4n) is 4.99. The van der Waals surface area contributed by atoms with Crippen molar-refractivity contribution in [2.75, 3.05) is 7.11 Å². The number of esters is 1. The van der Waals surface area contributed by atoms with Crippen molar-refractivity contribution in [2.45, 2.75) is 32.2 Å².